The van der Waals surface area contributed by atoms with Gasteiger partial charge in [-0.15, -0.1) is 0 Å². The minimum atomic E-state index is -0.835. The van der Waals surface area contributed by atoms with Gasteiger partial charge in [0.05, 0.1) is 6.21 Å². The Hall–Kier alpha value is -3.68. The number of carbonyl (C=O) groups is 3. The molecule has 0 unspecified atom stereocenters. The van der Waals surface area contributed by atoms with Gasteiger partial charge in [-0.2, -0.15) is 5.10 Å². The molecule has 0 aromatic heterocycles. The predicted octanol–water partition coefficient (Wildman–Crippen LogP) is 1.85. The average Bonchev–Trinajstić information content (AvgIpc) is 2.74. The number of ether oxygens (including phenoxy) is 1. The maximum Gasteiger partial charge on any atom is 0.329 e. The Labute approximate surface area is 169 Å². The number of hydrogen-bond donors (Lipinski definition) is 3. The second kappa shape index (κ2) is 11.2. The summed E-state index contributed by atoms with van der Waals surface area (Å²) in [6.07, 6.45) is 2.34. The van der Waals surface area contributed by atoms with E-state index >= 15 is 0 Å². The normalized spacial score (nSPS) is 10.4. The molecule has 152 valence electrons. The van der Waals surface area contributed by atoms with E-state index in [9.17, 15) is 14.4 Å². The maximum absolute atomic E-state index is 12.0. The van der Waals surface area contributed by atoms with Crippen molar-refractivity contribution in [1.29, 1.82) is 0 Å². The minimum Gasteiger partial charge on any atom is -0.484 e. The zero-order valence-corrected chi connectivity index (χ0v) is 16.4. The monoisotopic (exact) mass is 396 g/mol. The van der Waals surface area contributed by atoms with Crippen molar-refractivity contribution >= 4 is 29.6 Å². The van der Waals surface area contributed by atoms with E-state index in [2.05, 4.69) is 28.1 Å². The van der Waals surface area contributed by atoms with Crippen LogP contribution in [0.25, 0.3) is 0 Å². The quantitative estimate of drug-likeness (QED) is 0.359. The molecule has 0 bridgehead atoms. The van der Waals surface area contributed by atoms with E-state index in [1.54, 1.807) is 31.2 Å². The maximum atomic E-state index is 12.0. The van der Waals surface area contributed by atoms with Crippen molar-refractivity contribution in [2.75, 3.05) is 18.5 Å². The Morgan fingerprint density at radius 3 is 2.28 bits per heavy atom. The summed E-state index contributed by atoms with van der Waals surface area (Å²) in [5.41, 5.74) is 4.74. The lowest BCUT2D eigenvalue weighted by molar-refractivity contribution is -0.139. The van der Waals surface area contributed by atoms with Crippen LogP contribution in [-0.4, -0.2) is 37.1 Å². The van der Waals surface area contributed by atoms with Crippen molar-refractivity contribution in [1.82, 2.24) is 10.7 Å². The fourth-order valence-corrected chi connectivity index (χ4v) is 2.28. The van der Waals surface area contributed by atoms with Crippen LogP contribution < -0.4 is 20.8 Å². The Morgan fingerprint density at radius 1 is 0.966 bits per heavy atom. The van der Waals surface area contributed by atoms with Gasteiger partial charge in [0.2, 0.25) is 0 Å². The summed E-state index contributed by atoms with van der Waals surface area (Å²) >= 11 is 0. The molecule has 0 fully saturated rings. The largest absolute Gasteiger partial charge is 0.484 e. The molecule has 3 amide bonds. The highest BCUT2D eigenvalue weighted by Crippen LogP contribution is 2.12. The second-order valence-electron chi connectivity index (χ2n) is 6.01. The van der Waals surface area contributed by atoms with Crippen LogP contribution in [-0.2, 0) is 20.8 Å². The summed E-state index contributed by atoms with van der Waals surface area (Å²) in [6, 6.07) is 14.4. The van der Waals surface area contributed by atoms with Crippen molar-refractivity contribution in [3.05, 3.63) is 59.7 Å². The lowest BCUT2D eigenvalue weighted by Crippen LogP contribution is -2.37. The van der Waals surface area contributed by atoms with E-state index in [-0.39, 0.29) is 12.5 Å². The van der Waals surface area contributed by atoms with Gasteiger partial charge in [-0.25, -0.2) is 5.43 Å². The van der Waals surface area contributed by atoms with Gasteiger partial charge in [0.25, 0.3) is 5.91 Å². The molecular weight excluding hydrogens is 372 g/mol. The molecule has 0 heterocycles. The van der Waals surface area contributed by atoms with Crippen molar-refractivity contribution < 1.29 is 19.1 Å². The third kappa shape index (κ3) is 7.45. The molecule has 0 aliphatic carbocycles. The highest BCUT2D eigenvalue weighted by molar-refractivity contribution is 6.35. The molecule has 2 aromatic carbocycles. The molecule has 8 heteroatoms. The van der Waals surface area contributed by atoms with Crippen molar-refractivity contribution in [2.24, 2.45) is 5.10 Å². The van der Waals surface area contributed by atoms with E-state index in [4.69, 9.17) is 4.74 Å². The van der Waals surface area contributed by atoms with Gasteiger partial charge in [0, 0.05) is 12.2 Å². The summed E-state index contributed by atoms with van der Waals surface area (Å²) < 4.78 is 5.46. The van der Waals surface area contributed by atoms with Crippen molar-refractivity contribution in [3.8, 4) is 5.75 Å². The summed E-state index contributed by atoms with van der Waals surface area (Å²) in [4.78, 5) is 34.6. The summed E-state index contributed by atoms with van der Waals surface area (Å²) in [6.45, 7) is 4.03. The van der Waals surface area contributed by atoms with Crippen molar-refractivity contribution in [3.63, 3.8) is 0 Å². The molecule has 0 saturated carbocycles. The van der Waals surface area contributed by atoms with Crippen LogP contribution in [0.4, 0.5) is 5.69 Å². The van der Waals surface area contributed by atoms with Gasteiger partial charge in [-0.1, -0.05) is 19.1 Å². The number of nitrogens with zero attached hydrogens (tertiary/aromatic N) is 1. The number of anilines is 1. The molecule has 0 aliphatic rings. The average molecular weight is 396 g/mol. The third-order valence-electron chi connectivity index (χ3n) is 3.82. The highest BCUT2D eigenvalue weighted by Gasteiger charge is 2.10. The van der Waals surface area contributed by atoms with E-state index in [0.717, 1.165) is 12.1 Å². The number of amides is 3. The molecule has 0 aliphatic heterocycles. The molecule has 29 heavy (non-hydrogen) atoms. The van der Waals surface area contributed by atoms with Crippen LogP contribution >= 0.6 is 0 Å². The highest BCUT2D eigenvalue weighted by atomic mass is 16.5. The molecule has 0 saturated heterocycles. The minimum absolute atomic E-state index is 0.119. The number of likely N-dealkylation sites (N-methyl/N-ethyl adjacent to an activating group) is 1. The molecule has 8 nitrogen and oxygen atoms in total. The van der Waals surface area contributed by atoms with Gasteiger partial charge in [0.15, 0.2) is 6.61 Å². The molecule has 0 spiro atoms. The number of hydrogen-bond acceptors (Lipinski definition) is 5. The number of hydrazone groups is 1. The van der Waals surface area contributed by atoms with Crippen LogP contribution in [0.1, 0.15) is 25.0 Å². The van der Waals surface area contributed by atoms with Crippen LogP contribution in [0.5, 0.6) is 5.75 Å². The molecule has 3 N–H and O–H groups in total. The van der Waals surface area contributed by atoms with Gasteiger partial charge >= 0.3 is 11.8 Å². The lowest BCUT2D eigenvalue weighted by Gasteiger charge is -2.08. The molecule has 2 rings (SSSR count). The molecular formula is C21H24N4O4. The predicted molar refractivity (Wildman–Crippen MR) is 111 cm³/mol. The zero-order valence-electron chi connectivity index (χ0n) is 16.4. The molecule has 0 radical (unpaired) electrons. The Balaban J connectivity index is 1.77. The molecule has 0 atom stereocenters. The van der Waals surface area contributed by atoms with Crippen molar-refractivity contribution in [2.45, 2.75) is 20.3 Å². The first-order valence-corrected chi connectivity index (χ1v) is 9.24. The summed E-state index contributed by atoms with van der Waals surface area (Å²) in [5, 5.41) is 8.86. The van der Waals surface area contributed by atoms with E-state index in [1.807, 2.05) is 24.3 Å². The number of carbonyl (C=O) groups excluding carboxylic acids is 3. The van der Waals surface area contributed by atoms with E-state index < -0.39 is 11.8 Å². The zero-order chi connectivity index (χ0) is 21.1. The van der Waals surface area contributed by atoms with E-state index in [0.29, 0.717) is 17.9 Å². The first-order chi connectivity index (χ1) is 14.0. The third-order valence-corrected chi connectivity index (χ3v) is 3.82. The second-order valence-corrected chi connectivity index (χ2v) is 6.01. The topological polar surface area (TPSA) is 109 Å². The fourth-order valence-electron chi connectivity index (χ4n) is 2.28. The number of rotatable bonds is 8. The van der Waals surface area contributed by atoms with Crippen LogP contribution in [0.2, 0.25) is 0 Å². The van der Waals surface area contributed by atoms with Crippen LogP contribution in [0.15, 0.2) is 53.6 Å². The fraction of sp³-hybridized carbons (Fsp3) is 0.238. The SMILES string of the molecule is CCNC(=O)C(=O)N/N=C\c1ccc(OCC(=O)Nc2ccc(CC)cc2)cc1. The van der Waals surface area contributed by atoms with Gasteiger partial charge in [-0.3, -0.25) is 14.4 Å². The number of nitrogens with one attached hydrogen (secondary N) is 3. The van der Waals surface area contributed by atoms with Gasteiger partial charge < -0.3 is 15.4 Å². The first-order valence-electron chi connectivity index (χ1n) is 9.24. The standard InChI is InChI=1S/C21H24N4O4/c1-3-15-5-9-17(10-6-15)24-19(26)14-29-18-11-7-16(8-12-18)13-23-25-21(28)20(27)22-4-2/h5-13H,3-4,14H2,1-2H3,(H,22,27)(H,24,26)(H,25,28)/b23-13-. The first kappa shape index (κ1) is 21.6. The Kier molecular flexibility index (Phi) is 8.37. The smallest absolute Gasteiger partial charge is 0.329 e. The summed E-state index contributed by atoms with van der Waals surface area (Å²) in [5.74, 6) is -1.32. The van der Waals surface area contributed by atoms with Gasteiger partial charge in [0.1, 0.15) is 5.75 Å². The van der Waals surface area contributed by atoms with Crippen LogP contribution in [0.3, 0.4) is 0 Å². The molecule has 2 aromatic rings. The summed E-state index contributed by atoms with van der Waals surface area (Å²) in [7, 11) is 0. The Bertz CT molecular complexity index is 861. The van der Waals surface area contributed by atoms with Crippen LogP contribution in [0, 0.1) is 0 Å². The lowest BCUT2D eigenvalue weighted by atomic mass is 10.1. The Morgan fingerprint density at radius 2 is 1.66 bits per heavy atom. The number of aryl methyl sites for hydroxylation is 1. The number of benzene rings is 2. The van der Waals surface area contributed by atoms with Gasteiger partial charge in [-0.05, 0) is 60.9 Å². The van der Waals surface area contributed by atoms with E-state index in [1.165, 1.54) is 11.8 Å².